The topological polar surface area (TPSA) is 4.93 Å². The van der Waals surface area contributed by atoms with Crippen LogP contribution in [0.15, 0.2) is 243 Å². The largest absolute Gasteiger partial charge is 0.309 e. The van der Waals surface area contributed by atoms with Crippen LogP contribution in [-0.4, -0.2) is 4.57 Å². The fourth-order valence-electron chi connectivity index (χ4n) is 8.27. The number of nitrogens with zero attached hydrogens (tertiary/aromatic N) is 1. The van der Waals surface area contributed by atoms with Gasteiger partial charge >= 0.3 is 0 Å². The summed E-state index contributed by atoms with van der Waals surface area (Å²) in [7, 11) is 0. The van der Waals surface area contributed by atoms with E-state index >= 15 is 0 Å². The Bertz CT molecular complexity index is 3220. The first-order valence-corrected chi connectivity index (χ1v) is 21.4. The Labute approximate surface area is 365 Å². The van der Waals surface area contributed by atoms with Crippen molar-refractivity contribution in [3.8, 4) is 50.2 Å². The van der Waals surface area contributed by atoms with Gasteiger partial charge in [0.1, 0.15) is 0 Å². The summed E-state index contributed by atoms with van der Waals surface area (Å²) in [5, 5.41) is 5.24. The van der Waals surface area contributed by atoms with Crippen molar-refractivity contribution in [2.45, 2.75) is 20.8 Å². The van der Waals surface area contributed by atoms with Crippen LogP contribution in [0.2, 0.25) is 0 Å². The van der Waals surface area contributed by atoms with Gasteiger partial charge in [0.15, 0.2) is 0 Å². The van der Waals surface area contributed by atoms with Gasteiger partial charge in [0.05, 0.1) is 11.0 Å². The predicted octanol–water partition coefficient (Wildman–Crippen LogP) is 16.9. The van der Waals surface area contributed by atoms with E-state index in [-0.39, 0.29) is 0 Å². The lowest BCUT2D eigenvalue weighted by molar-refractivity contribution is 1.18. The Morgan fingerprint density at radius 2 is 0.677 bits per heavy atom. The minimum absolute atomic E-state index is 1.18. The number of benzene rings is 10. The molecule has 11 aromatic rings. The second-order valence-corrected chi connectivity index (χ2v) is 16.0. The molecule has 0 atom stereocenters. The molecule has 0 aliphatic rings. The van der Waals surface area contributed by atoms with Crippen molar-refractivity contribution in [1.29, 1.82) is 0 Å². The lowest BCUT2D eigenvalue weighted by atomic mass is 9.99. The molecule has 0 N–H and O–H groups in total. The van der Waals surface area contributed by atoms with E-state index in [1.165, 1.54) is 99.5 Å². The summed E-state index contributed by atoms with van der Waals surface area (Å²) in [6.45, 7) is 6.39. The number of aromatic nitrogens is 1. The molecule has 11 rings (SSSR count). The van der Waals surface area contributed by atoms with Gasteiger partial charge < -0.3 is 4.57 Å². The highest BCUT2D eigenvalue weighted by molar-refractivity contribution is 6.10. The molecule has 298 valence electrons. The van der Waals surface area contributed by atoms with Crippen LogP contribution in [0, 0.1) is 20.8 Å². The molecule has 0 saturated heterocycles. The van der Waals surface area contributed by atoms with Crippen molar-refractivity contribution < 1.29 is 0 Å². The third kappa shape index (κ3) is 8.75. The molecular formula is C61H49N. The Balaban J connectivity index is 0.000000137. The quantitative estimate of drug-likeness (QED) is 0.164. The van der Waals surface area contributed by atoms with Gasteiger partial charge in [0, 0.05) is 16.5 Å². The van der Waals surface area contributed by atoms with Crippen LogP contribution in [-0.2, 0) is 0 Å². The highest BCUT2D eigenvalue weighted by atomic mass is 15.0. The van der Waals surface area contributed by atoms with Crippen molar-refractivity contribution >= 4 is 32.6 Å². The molecular weight excluding hydrogens is 747 g/mol. The Kier molecular flexibility index (Phi) is 11.7. The van der Waals surface area contributed by atoms with Gasteiger partial charge in [-0.05, 0) is 118 Å². The van der Waals surface area contributed by atoms with E-state index in [9.17, 15) is 0 Å². The molecule has 0 bridgehead atoms. The van der Waals surface area contributed by atoms with Crippen LogP contribution >= 0.6 is 0 Å². The van der Waals surface area contributed by atoms with E-state index in [0.717, 1.165) is 0 Å². The first kappa shape index (κ1) is 39.7. The highest BCUT2D eigenvalue weighted by Crippen LogP contribution is 2.36. The zero-order chi connectivity index (χ0) is 42.3. The van der Waals surface area contributed by atoms with Crippen molar-refractivity contribution in [1.82, 2.24) is 4.57 Å². The second kappa shape index (κ2) is 18.3. The molecule has 0 amide bonds. The lowest BCUT2D eigenvalue weighted by Gasteiger charge is -2.11. The molecule has 0 radical (unpaired) electrons. The SMILES string of the molecule is Cc1ccc(-c2ccc3c(c2)c2ccccc2n3-c2cccc(-c3ccccc3)c2)cc1.Cc1ccc(-c2cccc(-c3ccccc3)c2)cc1.Cc1cccc2ccccc12. The molecule has 10 aromatic carbocycles. The third-order valence-corrected chi connectivity index (χ3v) is 11.6. The molecule has 1 heteroatoms. The number of hydrogen-bond acceptors (Lipinski definition) is 0. The van der Waals surface area contributed by atoms with E-state index in [1.54, 1.807) is 0 Å². The monoisotopic (exact) mass is 795 g/mol. The Morgan fingerprint density at radius 1 is 0.258 bits per heavy atom. The molecule has 0 saturated carbocycles. The zero-order valence-electron chi connectivity index (χ0n) is 35.5. The van der Waals surface area contributed by atoms with Gasteiger partial charge in [-0.15, -0.1) is 0 Å². The standard InChI is InChI=1S/C31H23N.C19H16.C11H10/c1-22-14-16-24(17-15-22)26-18-19-31-29(21-26)28-12-5-6-13-30(28)32(31)27-11-7-10-25(20-27)23-8-3-2-4-9-23;1-15-10-12-17(13-11-15)19-9-5-8-18(14-19)16-6-3-2-4-7-16;1-9-5-4-7-10-6-2-3-8-11(9)10/h2-21H,1H3;2-14H,1H3;2-8H,1H3. The second-order valence-electron chi connectivity index (χ2n) is 16.0. The van der Waals surface area contributed by atoms with Gasteiger partial charge in [-0.1, -0.05) is 217 Å². The fourth-order valence-corrected chi connectivity index (χ4v) is 8.27. The van der Waals surface area contributed by atoms with Crippen molar-refractivity contribution in [3.05, 3.63) is 259 Å². The van der Waals surface area contributed by atoms with Crippen molar-refractivity contribution in [2.75, 3.05) is 0 Å². The van der Waals surface area contributed by atoms with E-state index in [4.69, 9.17) is 0 Å². The summed E-state index contributed by atoms with van der Waals surface area (Å²) >= 11 is 0. The van der Waals surface area contributed by atoms with E-state index < -0.39 is 0 Å². The zero-order valence-corrected chi connectivity index (χ0v) is 35.5. The van der Waals surface area contributed by atoms with Gasteiger partial charge in [-0.2, -0.15) is 0 Å². The Morgan fingerprint density at radius 3 is 1.29 bits per heavy atom. The Hall–Kier alpha value is -7.74. The normalized spacial score (nSPS) is 10.8. The highest BCUT2D eigenvalue weighted by Gasteiger charge is 2.14. The molecule has 0 unspecified atom stereocenters. The maximum absolute atomic E-state index is 2.38. The molecule has 1 heterocycles. The van der Waals surface area contributed by atoms with Gasteiger partial charge in [0.25, 0.3) is 0 Å². The van der Waals surface area contributed by atoms with E-state index in [2.05, 4.69) is 262 Å². The number of hydrogen-bond donors (Lipinski definition) is 0. The predicted molar refractivity (Wildman–Crippen MR) is 267 cm³/mol. The first-order valence-electron chi connectivity index (χ1n) is 21.4. The molecule has 0 spiro atoms. The summed E-state index contributed by atoms with van der Waals surface area (Å²) in [4.78, 5) is 0. The van der Waals surface area contributed by atoms with Crippen LogP contribution in [0.25, 0.3) is 82.8 Å². The summed E-state index contributed by atoms with van der Waals surface area (Å²) in [5.41, 5.74) is 17.6. The lowest BCUT2D eigenvalue weighted by Crippen LogP contribution is -1.94. The number of fused-ring (bicyclic) bond motifs is 4. The first-order chi connectivity index (χ1) is 30.5. The fraction of sp³-hybridized carbons (Fsp3) is 0.0492. The van der Waals surface area contributed by atoms with E-state index in [0.29, 0.717) is 0 Å². The van der Waals surface area contributed by atoms with Gasteiger partial charge in [-0.25, -0.2) is 0 Å². The molecule has 0 aliphatic heterocycles. The van der Waals surface area contributed by atoms with Crippen LogP contribution in [0.5, 0.6) is 0 Å². The summed E-state index contributed by atoms with van der Waals surface area (Å²) < 4.78 is 2.38. The minimum atomic E-state index is 1.18. The van der Waals surface area contributed by atoms with Gasteiger partial charge in [0.2, 0.25) is 0 Å². The summed E-state index contributed by atoms with van der Waals surface area (Å²) in [6.07, 6.45) is 0. The third-order valence-electron chi connectivity index (χ3n) is 11.6. The smallest absolute Gasteiger partial charge is 0.0541 e. The number of rotatable bonds is 5. The summed E-state index contributed by atoms with van der Waals surface area (Å²) in [6, 6.07) is 86.4. The average Bonchev–Trinajstić information content (AvgIpc) is 3.67. The average molecular weight is 796 g/mol. The number of aryl methyl sites for hydroxylation is 3. The number of para-hydroxylation sites is 1. The maximum atomic E-state index is 2.38. The van der Waals surface area contributed by atoms with Crippen LogP contribution in [0.4, 0.5) is 0 Å². The molecule has 1 nitrogen and oxygen atoms in total. The molecule has 0 fully saturated rings. The van der Waals surface area contributed by atoms with Crippen molar-refractivity contribution in [3.63, 3.8) is 0 Å². The van der Waals surface area contributed by atoms with Crippen LogP contribution in [0.3, 0.4) is 0 Å². The van der Waals surface area contributed by atoms with Gasteiger partial charge in [-0.3, -0.25) is 0 Å². The minimum Gasteiger partial charge on any atom is -0.309 e. The molecule has 1 aromatic heterocycles. The van der Waals surface area contributed by atoms with Crippen molar-refractivity contribution in [2.24, 2.45) is 0 Å². The summed E-state index contributed by atoms with van der Waals surface area (Å²) in [5.74, 6) is 0. The van der Waals surface area contributed by atoms with E-state index in [1.807, 2.05) is 6.07 Å². The molecule has 62 heavy (non-hydrogen) atoms. The van der Waals surface area contributed by atoms with Crippen LogP contribution in [0.1, 0.15) is 16.7 Å². The molecule has 0 aliphatic carbocycles. The van der Waals surface area contributed by atoms with Crippen LogP contribution < -0.4 is 0 Å². The maximum Gasteiger partial charge on any atom is 0.0541 e.